The Morgan fingerprint density at radius 2 is 1.80 bits per heavy atom. The zero-order chi connectivity index (χ0) is 14.9. The Morgan fingerprint density at radius 1 is 1.20 bits per heavy atom. The number of aryl methyl sites for hydroxylation is 1. The molecule has 0 spiro atoms. The van der Waals surface area contributed by atoms with Crippen LogP contribution in [0.3, 0.4) is 0 Å². The van der Waals surface area contributed by atoms with E-state index in [-0.39, 0.29) is 24.2 Å². The zero-order valence-electron chi connectivity index (χ0n) is 13.2. The Morgan fingerprint density at radius 3 is 2.30 bits per heavy atom. The van der Waals surface area contributed by atoms with Crippen molar-refractivity contribution in [1.29, 1.82) is 0 Å². The number of amides is 1. The van der Waals surface area contributed by atoms with Gasteiger partial charge in [-0.2, -0.15) is 0 Å². The van der Waals surface area contributed by atoms with Gasteiger partial charge in [0, 0.05) is 6.04 Å². The standard InChI is InChI=1S/C17H26N2O/c1-6-14-7-9-15(10-8-14)16-18-12(4)17(20)19(16)13(5)11(2)3/h7-13,16,18H,6H2,1-5H3. The molecule has 3 unspecified atom stereocenters. The monoisotopic (exact) mass is 274 g/mol. The third kappa shape index (κ3) is 2.73. The van der Waals surface area contributed by atoms with Gasteiger partial charge >= 0.3 is 0 Å². The second-order valence-corrected chi connectivity index (χ2v) is 6.12. The SMILES string of the molecule is CCc1ccc(C2NC(C)C(=O)N2C(C)C(C)C)cc1. The maximum atomic E-state index is 12.4. The minimum atomic E-state index is -0.105. The van der Waals surface area contributed by atoms with Crippen molar-refractivity contribution in [3.63, 3.8) is 0 Å². The highest BCUT2D eigenvalue weighted by Gasteiger charge is 2.40. The molecular formula is C17H26N2O. The van der Waals surface area contributed by atoms with E-state index in [2.05, 4.69) is 57.3 Å². The van der Waals surface area contributed by atoms with Crippen LogP contribution in [0.5, 0.6) is 0 Å². The average Bonchev–Trinajstić information content (AvgIpc) is 2.74. The molecule has 0 radical (unpaired) electrons. The van der Waals surface area contributed by atoms with Crippen molar-refractivity contribution in [3.05, 3.63) is 35.4 Å². The van der Waals surface area contributed by atoms with Gasteiger partial charge in [0.05, 0.1) is 6.04 Å². The van der Waals surface area contributed by atoms with Crippen LogP contribution < -0.4 is 5.32 Å². The highest BCUT2D eigenvalue weighted by atomic mass is 16.2. The fourth-order valence-electron chi connectivity index (χ4n) is 2.69. The molecule has 0 aromatic heterocycles. The van der Waals surface area contributed by atoms with Crippen LogP contribution in [0.4, 0.5) is 0 Å². The van der Waals surface area contributed by atoms with Gasteiger partial charge < -0.3 is 4.90 Å². The van der Waals surface area contributed by atoms with Gasteiger partial charge in [-0.3, -0.25) is 10.1 Å². The van der Waals surface area contributed by atoms with Crippen molar-refractivity contribution >= 4 is 5.91 Å². The van der Waals surface area contributed by atoms with Gasteiger partial charge in [-0.25, -0.2) is 0 Å². The summed E-state index contributed by atoms with van der Waals surface area (Å²) in [6.07, 6.45) is 1.04. The van der Waals surface area contributed by atoms with Crippen molar-refractivity contribution in [2.45, 2.75) is 59.3 Å². The second-order valence-electron chi connectivity index (χ2n) is 6.12. The number of nitrogens with one attached hydrogen (secondary N) is 1. The van der Waals surface area contributed by atoms with Crippen molar-refractivity contribution in [2.24, 2.45) is 5.92 Å². The van der Waals surface area contributed by atoms with Gasteiger partial charge in [-0.15, -0.1) is 0 Å². The molecule has 0 bridgehead atoms. The van der Waals surface area contributed by atoms with E-state index < -0.39 is 0 Å². The summed E-state index contributed by atoms with van der Waals surface area (Å²) in [7, 11) is 0. The van der Waals surface area contributed by atoms with Gasteiger partial charge in [0.2, 0.25) is 5.91 Å². The zero-order valence-corrected chi connectivity index (χ0v) is 13.2. The van der Waals surface area contributed by atoms with E-state index in [1.54, 1.807) is 0 Å². The Bertz CT molecular complexity index is 466. The van der Waals surface area contributed by atoms with Gasteiger partial charge in [0.15, 0.2) is 0 Å². The molecule has 1 N–H and O–H groups in total. The number of benzene rings is 1. The molecule has 3 heteroatoms. The van der Waals surface area contributed by atoms with E-state index in [4.69, 9.17) is 0 Å². The van der Waals surface area contributed by atoms with E-state index in [0.717, 1.165) is 6.42 Å². The van der Waals surface area contributed by atoms with E-state index in [0.29, 0.717) is 5.92 Å². The molecule has 1 saturated heterocycles. The maximum Gasteiger partial charge on any atom is 0.241 e. The molecule has 2 rings (SSSR count). The first-order chi connectivity index (χ1) is 9.45. The smallest absolute Gasteiger partial charge is 0.241 e. The summed E-state index contributed by atoms with van der Waals surface area (Å²) in [5.41, 5.74) is 2.50. The summed E-state index contributed by atoms with van der Waals surface area (Å²) in [4.78, 5) is 14.4. The molecule has 1 amide bonds. The number of hydrogen-bond acceptors (Lipinski definition) is 2. The minimum Gasteiger partial charge on any atom is -0.319 e. The average molecular weight is 274 g/mol. The van der Waals surface area contributed by atoms with E-state index in [9.17, 15) is 4.79 Å². The fraction of sp³-hybridized carbons (Fsp3) is 0.588. The largest absolute Gasteiger partial charge is 0.319 e. The van der Waals surface area contributed by atoms with Crippen LogP contribution in [0.25, 0.3) is 0 Å². The van der Waals surface area contributed by atoms with Gasteiger partial charge in [-0.05, 0) is 37.3 Å². The van der Waals surface area contributed by atoms with E-state index in [1.165, 1.54) is 11.1 Å². The van der Waals surface area contributed by atoms with Crippen LogP contribution in [0.1, 0.15) is 51.9 Å². The number of hydrogen-bond donors (Lipinski definition) is 1. The molecule has 1 aliphatic rings. The molecule has 3 nitrogen and oxygen atoms in total. The summed E-state index contributed by atoms with van der Waals surface area (Å²) in [5.74, 6) is 0.652. The number of carbonyl (C=O) groups is 1. The van der Waals surface area contributed by atoms with Gasteiger partial charge in [-0.1, -0.05) is 45.0 Å². The highest BCUT2D eigenvalue weighted by Crippen LogP contribution is 2.30. The lowest BCUT2D eigenvalue weighted by molar-refractivity contribution is -0.132. The molecule has 110 valence electrons. The normalized spacial score (nSPS) is 24.5. The van der Waals surface area contributed by atoms with Crippen molar-refractivity contribution in [1.82, 2.24) is 10.2 Å². The van der Waals surface area contributed by atoms with Crippen LogP contribution in [0, 0.1) is 5.92 Å². The maximum absolute atomic E-state index is 12.4. The summed E-state index contributed by atoms with van der Waals surface area (Å²) in [5, 5.41) is 3.42. The number of rotatable bonds is 4. The Kier molecular flexibility index (Phi) is 4.48. The third-order valence-corrected chi connectivity index (χ3v) is 4.42. The number of nitrogens with zero attached hydrogens (tertiary/aromatic N) is 1. The van der Waals surface area contributed by atoms with Crippen molar-refractivity contribution in [3.8, 4) is 0 Å². The lowest BCUT2D eigenvalue weighted by Crippen LogP contribution is -2.41. The Labute approximate surface area is 122 Å². The molecule has 1 fully saturated rings. The third-order valence-electron chi connectivity index (χ3n) is 4.42. The van der Waals surface area contributed by atoms with Crippen LogP contribution in [0.15, 0.2) is 24.3 Å². The minimum absolute atomic E-state index is 0.000746. The van der Waals surface area contributed by atoms with Gasteiger partial charge in [0.25, 0.3) is 0 Å². The summed E-state index contributed by atoms with van der Waals surface area (Å²) >= 11 is 0. The quantitative estimate of drug-likeness (QED) is 0.915. The summed E-state index contributed by atoms with van der Waals surface area (Å²) in [6.45, 7) is 10.6. The second kappa shape index (κ2) is 5.96. The first-order valence-corrected chi connectivity index (χ1v) is 7.62. The van der Waals surface area contributed by atoms with E-state index >= 15 is 0 Å². The molecule has 1 heterocycles. The molecule has 0 aliphatic carbocycles. The summed E-state index contributed by atoms with van der Waals surface area (Å²) < 4.78 is 0. The predicted octanol–water partition coefficient (Wildman–Crippen LogP) is 3.11. The summed E-state index contributed by atoms with van der Waals surface area (Å²) in [6, 6.07) is 8.72. The van der Waals surface area contributed by atoms with Crippen LogP contribution in [-0.4, -0.2) is 22.9 Å². The Hall–Kier alpha value is -1.35. The van der Waals surface area contributed by atoms with Crippen LogP contribution >= 0.6 is 0 Å². The lowest BCUT2D eigenvalue weighted by Gasteiger charge is -2.33. The first-order valence-electron chi connectivity index (χ1n) is 7.62. The topological polar surface area (TPSA) is 32.3 Å². The molecule has 1 aromatic rings. The molecule has 1 aromatic carbocycles. The molecular weight excluding hydrogens is 248 g/mol. The first kappa shape index (κ1) is 15.0. The van der Waals surface area contributed by atoms with E-state index in [1.807, 2.05) is 11.8 Å². The number of carbonyl (C=O) groups excluding carboxylic acids is 1. The molecule has 0 saturated carbocycles. The van der Waals surface area contributed by atoms with Crippen molar-refractivity contribution < 1.29 is 4.79 Å². The fourth-order valence-corrected chi connectivity index (χ4v) is 2.69. The highest BCUT2D eigenvalue weighted by molar-refractivity contribution is 5.84. The molecule has 20 heavy (non-hydrogen) atoms. The predicted molar refractivity (Wildman–Crippen MR) is 82.3 cm³/mol. The van der Waals surface area contributed by atoms with Gasteiger partial charge in [0.1, 0.15) is 6.17 Å². The molecule has 1 aliphatic heterocycles. The molecule has 3 atom stereocenters. The Balaban J connectivity index is 2.29. The lowest BCUT2D eigenvalue weighted by atomic mass is 10.0. The van der Waals surface area contributed by atoms with Crippen LogP contribution in [0.2, 0.25) is 0 Å². The van der Waals surface area contributed by atoms with Crippen molar-refractivity contribution in [2.75, 3.05) is 0 Å². The van der Waals surface area contributed by atoms with Crippen LogP contribution in [-0.2, 0) is 11.2 Å².